The molecule has 0 radical (unpaired) electrons. The lowest BCUT2D eigenvalue weighted by atomic mass is 10.0. The van der Waals surface area contributed by atoms with Crippen LogP contribution in [0, 0.1) is 0 Å². The molecule has 3 heterocycles. The first kappa shape index (κ1) is 14.2. The number of hydrogen-bond donors (Lipinski definition) is 0. The first-order chi connectivity index (χ1) is 10.2. The number of hydrogen-bond acceptors (Lipinski definition) is 4. The van der Waals surface area contributed by atoms with Crippen molar-refractivity contribution in [2.45, 2.75) is 25.3 Å². The Hall–Kier alpha value is -1.76. The Morgan fingerprint density at radius 2 is 2.24 bits per heavy atom. The number of pyridine rings is 1. The summed E-state index contributed by atoms with van der Waals surface area (Å²) < 4.78 is 2.69. The fourth-order valence-electron chi connectivity index (χ4n) is 2.73. The standard InChI is InChI=1S/C14H16BrN5O/c1-19-9-17-18-13(19)12-4-2-3-5-20(12)14(21)10-6-11(15)8-16-7-10/h6-9,12H,2-5H2,1H3. The topological polar surface area (TPSA) is 63.9 Å². The maximum Gasteiger partial charge on any atom is 0.256 e. The van der Waals surface area contributed by atoms with Gasteiger partial charge in [-0.15, -0.1) is 10.2 Å². The molecule has 0 spiro atoms. The van der Waals surface area contributed by atoms with E-state index in [1.54, 1.807) is 24.8 Å². The summed E-state index contributed by atoms with van der Waals surface area (Å²) in [4.78, 5) is 18.7. The van der Waals surface area contributed by atoms with Gasteiger partial charge in [-0.1, -0.05) is 0 Å². The van der Waals surface area contributed by atoms with Crippen molar-refractivity contribution in [2.75, 3.05) is 6.54 Å². The normalized spacial score (nSPS) is 18.8. The van der Waals surface area contributed by atoms with Gasteiger partial charge in [-0.3, -0.25) is 9.78 Å². The lowest BCUT2D eigenvalue weighted by molar-refractivity contribution is 0.0595. The summed E-state index contributed by atoms with van der Waals surface area (Å²) in [5, 5.41) is 8.11. The van der Waals surface area contributed by atoms with Gasteiger partial charge in [0.05, 0.1) is 11.6 Å². The van der Waals surface area contributed by atoms with Gasteiger partial charge in [0.25, 0.3) is 5.91 Å². The highest BCUT2D eigenvalue weighted by molar-refractivity contribution is 9.10. The molecule has 0 aromatic carbocycles. The first-order valence-corrected chi connectivity index (χ1v) is 7.71. The largest absolute Gasteiger partial charge is 0.328 e. The Kier molecular flexibility index (Phi) is 4.01. The Morgan fingerprint density at radius 3 is 2.95 bits per heavy atom. The lowest BCUT2D eigenvalue weighted by Crippen LogP contribution is -2.39. The van der Waals surface area contributed by atoms with E-state index in [-0.39, 0.29) is 11.9 Å². The molecule has 1 unspecified atom stereocenters. The number of carbonyl (C=O) groups excluding carboxylic acids is 1. The Balaban J connectivity index is 1.91. The fraction of sp³-hybridized carbons (Fsp3) is 0.429. The van der Waals surface area contributed by atoms with E-state index in [4.69, 9.17) is 0 Å². The minimum Gasteiger partial charge on any atom is -0.328 e. The van der Waals surface area contributed by atoms with E-state index in [2.05, 4.69) is 31.1 Å². The molecular weight excluding hydrogens is 334 g/mol. The van der Waals surface area contributed by atoms with Gasteiger partial charge in [0.2, 0.25) is 0 Å². The summed E-state index contributed by atoms with van der Waals surface area (Å²) in [6, 6.07) is 1.79. The molecule has 0 N–H and O–H groups in total. The number of piperidine rings is 1. The van der Waals surface area contributed by atoms with Crippen molar-refractivity contribution in [3.05, 3.63) is 40.6 Å². The molecule has 0 bridgehead atoms. The second-order valence-corrected chi connectivity index (χ2v) is 6.12. The second-order valence-electron chi connectivity index (χ2n) is 5.20. The van der Waals surface area contributed by atoms with E-state index in [1.165, 1.54) is 0 Å². The molecule has 1 atom stereocenters. The van der Waals surface area contributed by atoms with Crippen molar-refractivity contribution in [1.82, 2.24) is 24.6 Å². The Morgan fingerprint density at radius 1 is 1.38 bits per heavy atom. The highest BCUT2D eigenvalue weighted by atomic mass is 79.9. The van der Waals surface area contributed by atoms with E-state index in [0.717, 1.165) is 36.1 Å². The highest BCUT2D eigenvalue weighted by Crippen LogP contribution is 2.30. The summed E-state index contributed by atoms with van der Waals surface area (Å²) in [5.74, 6) is 0.836. The van der Waals surface area contributed by atoms with Crippen LogP contribution >= 0.6 is 15.9 Å². The summed E-state index contributed by atoms with van der Waals surface area (Å²) in [6.07, 6.45) is 7.98. The summed E-state index contributed by atoms with van der Waals surface area (Å²) >= 11 is 3.36. The van der Waals surface area contributed by atoms with E-state index < -0.39 is 0 Å². The average molecular weight is 350 g/mol. The van der Waals surface area contributed by atoms with Crippen LogP contribution in [0.3, 0.4) is 0 Å². The molecule has 1 amide bonds. The molecule has 110 valence electrons. The van der Waals surface area contributed by atoms with Crippen LogP contribution in [-0.4, -0.2) is 37.1 Å². The summed E-state index contributed by atoms with van der Waals surface area (Å²) in [6.45, 7) is 0.739. The quantitative estimate of drug-likeness (QED) is 0.834. The number of aryl methyl sites for hydroxylation is 1. The van der Waals surface area contributed by atoms with Crippen LogP contribution in [0.25, 0.3) is 0 Å². The van der Waals surface area contributed by atoms with Crippen LogP contribution in [0.15, 0.2) is 29.3 Å². The number of rotatable bonds is 2. The Labute approximate surface area is 131 Å². The van der Waals surface area contributed by atoms with Crippen molar-refractivity contribution in [2.24, 2.45) is 7.05 Å². The molecule has 2 aromatic heterocycles. The monoisotopic (exact) mass is 349 g/mol. The fourth-order valence-corrected chi connectivity index (χ4v) is 3.10. The van der Waals surface area contributed by atoms with E-state index in [9.17, 15) is 4.79 Å². The first-order valence-electron chi connectivity index (χ1n) is 6.92. The van der Waals surface area contributed by atoms with Crippen molar-refractivity contribution in [3.8, 4) is 0 Å². The SMILES string of the molecule is Cn1cnnc1C1CCCCN1C(=O)c1cncc(Br)c1. The van der Waals surface area contributed by atoms with Crippen LogP contribution in [0.4, 0.5) is 0 Å². The Bertz CT molecular complexity index is 656. The molecule has 1 saturated heterocycles. The van der Waals surface area contributed by atoms with Gasteiger partial charge in [-0.05, 0) is 41.3 Å². The summed E-state index contributed by atoms with van der Waals surface area (Å²) in [7, 11) is 1.91. The molecule has 1 aliphatic heterocycles. The third-order valence-corrected chi connectivity index (χ3v) is 4.19. The highest BCUT2D eigenvalue weighted by Gasteiger charge is 2.31. The number of carbonyl (C=O) groups is 1. The van der Waals surface area contributed by atoms with Crippen molar-refractivity contribution < 1.29 is 4.79 Å². The van der Waals surface area contributed by atoms with Crippen molar-refractivity contribution >= 4 is 21.8 Å². The van der Waals surface area contributed by atoms with Gasteiger partial charge in [-0.25, -0.2) is 0 Å². The molecule has 1 fully saturated rings. The molecule has 0 saturated carbocycles. The summed E-state index contributed by atoms with van der Waals surface area (Å²) in [5.41, 5.74) is 0.596. The zero-order valence-electron chi connectivity index (χ0n) is 11.7. The molecular formula is C14H16BrN5O. The minimum atomic E-state index is -0.0160. The number of aromatic nitrogens is 4. The van der Waals surface area contributed by atoms with Crippen LogP contribution in [-0.2, 0) is 7.05 Å². The van der Waals surface area contributed by atoms with Gasteiger partial charge in [0, 0.05) is 30.5 Å². The van der Waals surface area contributed by atoms with Crippen molar-refractivity contribution in [3.63, 3.8) is 0 Å². The third kappa shape index (κ3) is 2.83. The van der Waals surface area contributed by atoms with Crippen LogP contribution < -0.4 is 0 Å². The van der Waals surface area contributed by atoms with E-state index in [1.807, 2.05) is 16.5 Å². The zero-order valence-corrected chi connectivity index (χ0v) is 13.3. The lowest BCUT2D eigenvalue weighted by Gasteiger charge is -2.35. The molecule has 3 rings (SSSR count). The van der Waals surface area contributed by atoms with Crippen LogP contribution in [0.2, 0.25) is 0 Å². The molecule has 0 aliphatic carbocycles. The molecule has 7 heteroatoms. The predicted molar refractivity (Wildman–Crippen MR) is 80.6 cm³/mol. The minimum absolute atomic E-state index is 0.00324. The van der Waals surface area contributed by atoms with Gasteiger partial charge in [0.1, 0.15) is 6.33 Å². The smallest absolute Gasteiger partial charge is 0.256 e. The van der Waals surface area contributed by atoms with E-state index in [0.29, 0.717) is 5.56 Å². The molecule has 21 heavy (non-hydrogen) atoms. The average Bonchev–Trinajstić information content (AvgIpc) is 2.92. The zero-order chi connectivity index (χ0) is 14.8. The molecule has 2 aromatic rings. The predicted octanol–water partition coefficient (Wildman–Crippen LogP) is 2.34. The molecule has 6 nitrogen and oxygen atoms in total. The second kappa shape index (κ2) is 5.93. The van der Waals surface area contributed by atoms with Gasteiger partial charge in [-0.2, -0.15) is 0 Å². The number of amides is 1. The number of likely N-dealkylation sites (tertiary alicyclic amines) is 1. The van der Waals surface area contributed by atoms with Gasteiger partial charge < -0.3 is 9.47 Å². The molecule has 1 aliphatic rings. The van der Waals surface area contributed by atoms with Crippen LogP contribution in [0.5, 0.6) is 0 Å². The van der Waals surface area contributed by atoms with Crippen LogP contribution in [0.1, 0.15) is 41.5 Å². The maximum atomic E-state index is 12.8. The number of nitrogens with zero attached hydrogens (tertiary/aromatic N) is 5. The number of halogens is 1. The maximum absolute atomic E-state index is 12.8. The van der Waals surface area contributed by atoms with E-state index >= 15 is 0 Å². The van der Waals surface area contributed by atoms with Gasteiger partial charge >= 0.3 is 0 Å². The third-order valence-electron chi connectivity index (χ3n) is 3.76. The van der Waals surface area contributed by atoms with Crippen molar-refractivity contribution in [1.29, 1.82) is 0 Å². The van der Waals surface area contributed by atoms with Gasteiger partial charge in [0.15, 0.2) is 5.82 Å².